The zero-order chi connectivity index (χ0) is 34.0. The van der Waals surface area contributed by atoms with Gasteiger partial charge in [-0.25, -0.2) is 12.8 Å². The third kappa shape index (κ3) is 9.19. The predicted octanol–water partition coefficient (Wildman–Crippen LogP) is 6.28. The first kappa shape index (κ1) is 35.2. The molecule has 1 N–H and O–H groups in total. The molecule has 0 aromatic heterocycles. The lowest BCUT2D eigenvalue weighted by Gasteiger charge is -2.34. The summed E-state index contributed by atoms with van der Waals surface area (Å²) in [5, 5.41) is 3.04. The molecule has 10 heteroatoms. The molecule has 0 aliphatic heterocycles. The lowest BCUT2D eigenvalue weighted by molar-refractivity contribution is -0.140. The predicted molar refractivity (Wildman–Crippen MR) is 182 cm³/mol. The van der Waals surface area contributed by atoms with Gasteiger partial charge in [0, 0.05) is 19.0 Å². The van der Waals surface area contributed by atoms with Crippen molar-refractivity contribution in [3.8, 4) is 5.75 Å². The normalized spacial score (nSPS) is 12.5. The molecule has 248 valence electrons. The van der Waals surface area contributed by atoms with E-state index in [1.165, 1.54) is 17.0 Å². The maximum Gasteiger partial charge on any atom is 0.264 e. The van der Waals surface area contributed by atoms with Crippen LogP contribution >= 0.6 is 0 Å². The van der Waals surface area contributed by atoms with Gasteiger partial charge in [0.05, 0.1) is 17.2 Å². The lowest BCUT2D eigenvalue weighted by atomic mass is 10.0. The number of aryl methyl sites for hydroxylation is 1. The molecule has 4 rings (SSSR count). The van der Waals surface area contributed by atoms with Gasteiger partial charge in [0.25, 0.3) is 10.0 Å². The summed E-state index contributed by atoms with van der Waals surface area (Å²) in [6.07, 6.45) is 0.908. The Balaban J connectivity index is 1.81. The largest absolute Gasteiger partial charge is 0.494 e. The number of hydrogen-bond donors (Lipinski definition) is 1. The number of benzene rings is 4. The van der Waals surface area contributed by atoms with E-state index in [4.69, 9.17) is 4.74 Å². The number of ether oxygens (including phenoxy) is 1. The molecule has 0 fully saturated rings. The molecule has 47 heavy (non-hydrogen) atoms. The molecule has 0 spiro atoms. The topological polar surface area (TPSA) is 96.0 Å². The number of sulfonamides is 1. The molecule has 4 aromatic rings. The van der Waals surface area contributed by atoms with Crippen molar-refractivity contribution in [1.29, 1.82) is 0 Å². The van der Waals surface area contributed by atoms with E-state index in [0.29, 0.717) is 18.8 Å². The summed E-state index contributed by atoms with van der Waals surface area (Å²) in [7, 11) is -4.36. The Hall–Kier alpha value is -4.70. The zero-order valence-corrected chi connectivity index (χ0v) is 28.0. The quantitative estimate of drug-likeness (QED) is 0.162. The van der Waals surface area contributed by atoms with Gasteiger partial charge in [0.15, 0.2) is 0 Å². The van der Waals surface area contributed by atoms with Gasteiger partial charge < -0.3 is 15.0 Å². The molecule has 0 saturated carbocycles. The van der Waals surface area contributed by atoms with Crippen molar-refractivity contribution in [3.63, 3.8) is 0 Å². The van der Waals surface area contributed by atoms with Crippen molar-refractivity contribution in [2.45, 2.75) is 64.1 Å². The van der Waals surface area contributed by atoms with Gasteiger partial charge in [-0.15, -0.1) is 0 Å². The Labute approximate surface area is 277 Å². The van der Waals surface area contributed by atoms with Gasteiger partial charge >= 0.3 is 0 Å². The molecule has 0 aliphatic rings. The van der Waals surface area contributed by atoms with Gasteiger partial charge in [0.1, 0.15) is 24.2 Å². The summed E-state index contributed by atoms with van der Waals surface area (Å²) >= 11 is 0. The highest BCUT2D eigenvalue weighted by molar-refractivity contribution is 7.92. The van der Waals surface area contributed by atoms with Gasteiger partial charge in [-0.1, -0.05) is 61.5 Å². The number of hydrogen-bond acceptors (Lipinski definition) is 5. The highest BCUT2D eigenvalue weighted by atomic mass is 32.2. The van der Waals surface area contributed by atoms with E-state index in [1.54, 1.807) is 24.3 Å². The van der Waals surface area contributed by atoms with E-state index in [-0.39, 0.29) is 35.5 Å². The second-order valence-corrected chi connectivity index (χ2v) is 13.2. The fourth-order valence-electron chi connectivity index (χ4n) is 5.10. The molecular weight excluding hydrogens is 617 g/mol. The number of carbonyl (C=O) groups is 2. The number of halogens is 1. The molecule has 2 atom stereocenters. The van der Waals surface area contributed by atoms with Crippen LogP contribution in [0.4, 0.5) is 10.1 Å². The first-order valence-corrected chi connectivity index (χ1v) is 17.2. The van der Waals surface area contributed by atoms with Crippen LogP contribution in [0.25, 0.3) is 0 Å². The Morgan fingerprint density at radius 2 is 1.51 bits per heavy atom. The Morgan fingerprint density at radius 1 is 0.872 bits per heavy atom. The van der Waals surface area contributed by atoms with E-state index in [2.05, 4.69) is 5.32 Å². The number of carbonyl (C=O) groups excluding carboxylic acids is 2. The molecule has 0 bridgehead atoms. The zero-order valence-electron chi connectivity index (χ0n) is 27.2. The summed E-state index contributed by atoms with van der Waals surface area (Å²) < 4.78 is 48.6. The molecule has 0 radical (unpaired) electrons. The summed E-state index contributed by atoms with van der Waals surface area (Å²) in [6.45, 7) is 7.51. The van der Waals surface area contributed by atoms with Gasteiger partial charge in [-0.05, 0) is 92.4 Å². The SMILES string of the molecule is CCOc1ccc(N(CC(=O)N(Cc2ccccc2C)[C@@H](Cc2ccccc2)C(=O)N[C@@H](C)CC)S(=O)(=O)c2ccc(F)cc2)cc1. The van der Waals surface area contributed by atoms with Crippen LogP contribution in [-0.2, 0) is 32.6 Å². The van der Waals surface area contributed by atoms with E-state index in [9.17, 15) is 22.4 Å². The van der Waals surface area contributed by atoms with Gasteiger partial charge in [-0.2, -0.15) is 0 Å². The van der Waals surface area contributed by atoms with Crippen LogP contribution in [0.2, 0.25) is 0 Å². The Morgan fingerprint density at radius 3 is 2.13 bits per heavy atom. The molecule has 0 aliphatic carbocycles. The Kier molecular flexibility index (Phi) is 12.1. The summed E-state index contributed by atoms with van der Waals surface area (Å²) in [6, 6.07) is 26.7. The average molecular weight is 660 g/mol. The van der Waals surface area contributed by atoms with Crippen molar-refractivity contribution in [2.75, 3.05) is 17.5 Å². The van der Waals surface area contributed by atoms with Crippen molar-refractivity contribution in [3.05, 3.63) is 126 Å². The minimum Gasteiger partial charge on any atom is -0.494 e. The van der Waals surface area contributed by atoms with Crippen molar-refractivity contribution in [2.24, 2.45) is 0 Å². The van der Waals surface area contributed by atoms with E-state index < -0.39 is 34.3 Å². The second kappa shape index (κ2) is 16.2. The van der Waals surface area contributed by atoms with E-state index in [1.807, 2.05) is 82.3 Å². The smallest absolute Gasteiger partial charge is 0.264 e. The number of rotatable bonds is 15. The number of amides is 2. The van der Waals surface area contributed by atoms with E-state index in [0.717, 1.165) is 33.1 Å². The minimum absolute atomic E-state index is 0.0741. The van der Waals surface area contributed by atoms with Crippen LogP contribution in [0, 0.1) is 12.7 Å². The standard InChI is InChI=1S/C37H42FN3O5S/c1-5-28(4)39-37(43)35(24-29-13-8-7-9-14-29)40(25-30-15-11-10-12-27(30)3)36(42)26-41(32-18-20-33(21-19-32)46-6-2)47(44,45)34-22-16-31(38)17-23-34/h7-23,28,35H,5-6,24-26H2,1-4H3,(H,39,43)/t28-,35-/m0/s1. The molecule has 0 saturated heterocycles. The molecular formula is C37H42FN3O5S. The minimum atomic E-state index is -4.36. The number of nitrogens with zero attached hydrogens (tertiary/aromatic N) is 2. The molecule has 0 heterocycles. The molecule has 2 amide bonds. The molecule has 0 unspecified atom stereocenters. The first-order valence-electron chi connectivity index (χ1n) is 15.7. The summed E-state index contributed by atoms with van der Waals surface area (Å²) in [5.74, 6) is -0.965. The summed E-state index contributed by atoms with van der Waals surface area (Å²) in [5.41, 5.74) is 2.81. The number of nitrogens with one attached hydrogen (secondary N) is 1. The van der Waals surface area contributed by atoms with Crippen LogP contribution in [0.15, 0.2) is 108 Å². The Bertz CT molecular complexity index is 1730. The molecule has 4 aromatic carbocycles. The first-order chi connectivity index (χ1) is 22.5. The van der Waals surface area contributed by atoms with Crippen LogP contribution < -0.4 is 14.4 Å². The fraction of sp³-hybridized carbons (Fsp3) is 0.297. The van der Waals surface area contributed by atoms with Crippen LogP contribution in [0.3, 0.4) is 0 Å². The monoisotopic (exact) mass is 659 g/mol. The average Bonchev–Trinajstić information content (AvgIpc) is 3.07. The van der Waals surface area contributed by atoms with Gasteiger partial charge in [0.2, 0.25) is 11.8 Å². The number of anilines is 1. The highest BCUT2D eigenvalue weighted by Crippen LogP contribution is 2.27. The second-order valence-electron chi connectivity index (χ2n) is 11.4. The van der Waals surface area contributed by atoms with Crippen LogP contribution in [0.1, 0.15) is 43.9 Å². The van der Waals surface area contributed by atoms with Crippen molar-refractivity contribution < 1.29 is 27.1 Å². The third-order valence-electron chi connectivity index (χ3n) is 7.99. The van der Waals surface area contributed by atoms with Crippen molar-refractivity contribution in [1.82, 2.24) is 10.2 Å². The maximum atomic E-state index is 14.6. The fourth-order valence-corrected chi connectivity index (χ4v) is 6.52. The van der Waals surface area contributed by atoms with Crippen LogP contribution in [0.5, 0.6) is 5.75 Å². The maximum absolute atomic E-state index is 14.6. The summed E-state index contributed by atoms with van der Waals surface area (Å²) in [4.78, 5) is 29.8. The van der Waals surface area contributed by atoms with Gasteiger partial charge in [-0.3, -0.25) is 13.9 Å². The van der Waals surface area contributed by atoms with Crippen LogP contribution in [-0.4, -0.2) is 50.4 Å². The molecule has 8 nitrogen and oxygen atoms in total. The highest BCUT2D eigenvalue weighted by Gasteiger charge is 2.35. The van der Waals surface area contributed by atoms with Crippen molar-refractivity contribution >= 4 is 27.5 Å². The lowest BCUT2D eigenvalue weighted by Crippen LogP contribution is -2.54. The van der Waals surface area contributed by atoms with E-state index >= 15 is 0 Å². The third-order valence-corrected chi connectivity index (χ3v) is 9.78.